The lowest BCUT2D eigenvalue weighted by atomic mass is 9.95. The van der Waals surface area contributed by atoms with Crippen LogP contribution in [0.5, 0.6) is 5.75 Å². The van der Waals surface area contributed by atoms with E-state index in [1.54, 1.807) is 12.1 Å². The van der Waals surface area contributed by atoms with E-state index in [1.165, 1.54) is 37.7 Å². The van der Waals surface area contributed by atoms with Gasteiger partial charge in [0.2, 0.25) is 0 Å². The first kappa shape index (κ1) is 16.1. The Morgan fingerprint density at radius 2 is 1.79 bits per heavy atom. The highest BCUT2D eigenvalue weighted by Crippen LogP contribution is 2.18. The van der Waals surface area contributed by atoms with E-state index in [-0.39, 0.29) is 0 Å². The summed E-state index contributed by atoms with van der Waals surface area (Å²) in [6, 6.07) is 7.53. The first-order valence-corrected chi connectivity index (χ1v) is 7.23. The summed E-state index contributed by atoms with van der Waals surface area (Å²) in [5.74, 6) is 1.17. The fourth-order valence-corrected chi connectivity index (χ4v) is 2.25. The Hall–Kier alpha value is -0.995. The van der Waals surface area contributed by atoms with Crippen LogP contribution in [-0.2, 0) is 6.42 Å². The fraction of sp³-hybridized carbons (Fsp3) is 0.600. The van der Waals surface area contributed by atoms with Crippen molar-refractivity contribution in [1.82, 2.24) is 0 Å². The number of unbranched alkanes of at least 4 members (excludes halogenated alkanes) is 3. The summed E-state index contributed by atoms with van der Waals surface area (Å²) in [7, 11) is -1.75. The molecule has 0 fully saturated rings. The number of hydrogen-bond donors (Lipinski definition) is 2. The van der Waals surface area contributed by atoms with Gasteiger partial charge in [-0.1, -0.05) is 58.1 Å². The largest absolute Gasteiger partial charge is 0.707 e. The van der Waals surface area contributed by atoms with Crippen LogP contribution in [0.1, 0.15) is 51.5 Å². The summed E-state index contributed by atoms with van der Waals surface area (Å²) in [5.41, 5.74) is 1.27. The van der Waals surface area contributed by atoms with Gasteiger partial charge in [-0.25, -0.2) is 0 Å². The SMILES string of the molecule is CCCCCC[C@H](C)Cc1ccc(OB(O)O)cc1. The maximum absolute atomic E-state index is 8.69. The lowest BCUT2D eigenvalue weighted by Crippen LogP contribution is -2.20. The molecule has 0 radical (unpaired) electrons. The van der Waals surface area contributed by atoms with Crippen LogP contribution < -0.4 is 4.65 Å². The van der Waals surface area contributed by atoms with E-state index < -0.39 is 7.32 Å². The average Bonchev–Trinajstić information content (AvgIpc) is 2.36. The van der Waals surface area contributed by atoms with Gasteiger partial charge in [0.15, 0.2) is 0 Å². The number of hydrogen-bond acceptors (Lipinski definition) is 3. The number of benzene rings is 1. The third kappa shape index (κ3) is 7.23. The van der Waals surface area contributed by atoms with Gasteiger partial charge in [-0.3, -0.25) is 0 Å². The van der Waals surface area contributed by atoms with Gasteiger partial charge in [-0.05, 0) is 30.0 Å². The lowest BCUT2D eigenvalue weighted by molar-refractivity contribution is 0.288. The molecule has 0 spiro atoms. The molecule has 0 saturated heterocycles. The molecule has 1 aromatic rings. The summed E-state index contributed by atoms with van der Waals surface area (Å²) in [6.07, 6.45) is 7.60. The minimum Gasteiger partial charge on any atom is -0.512 e. The van der Waals surface area contributed by atoms with Crippen molar-refractivity contribution in [3.63, 3.8) is 0 Å². The van der Waals surface area contributed by atoms with Crippen LogP contribution in [0.2, 0.25) is 0 Å². The zero-order valence-electron chi connectivity index (χ0n) is 12.0. The van der Waals surface area contributed by atoms with E-state index in [0.29, 0.717) is 11.7 Å². The monoisotopic (exact) mass is 264 g/mol. The molecule has 0 amide bonds. The molecule has 3 nitrogen and oxygen atoms in total. The maximum Gasteiger partial charge on any atom is 0.707 e. The summed E-state index contributed by atoms with van der Waals surface area (Å²) in [4.78, 5) is 0. The molecule has 4 heteroatoms. The first-order chi connectivity index (χ1) is 9.11. The second-order valence-corrected chi connectivity index (χ2v) is 5.25. The van der Waals surface area contributed by atoms with Crippen LogP contribution in [0.15, 0.2) is 24.3 Å². The van der Waals surface area contributed by atoms with Crippen molar-refractivity contribution in [2.24, 2.45) is 5.92 Å². The molecule has 19 heavy (non-hydrogen) atoms. The van der Waals surface area contributed by atoms with Crippen molar-refractivity contribution >= 4 is 7.32 Å². The second-order valence-electron chi connectivity index (χ2n) is 5.25. The van der Waals surface area contributed by atoms with Gasteiger partial charge in [-0.2, -0.15) is 0 Å². The average molecular weight is 264 g/mol. The summed E-state index contributed by atoms with van der Waals surface area (Å²) >= 11 is 0. The van der Waals surface area contributed by atoms with Gasteiger partial charge in [0.05, 0.1) is 0 Å². The molecule has 1 atom stereocenters. The molecule has 106 valence electrons. The van der Waals surface area contributed by atoms with Crippen molar-refractivity contribution in [3.05, 3.63) is 29.8 Å². The highest BCUT2D eigenvalue weighted by atomic mass is 16.6. The quantitative estimate of drug-likeness (QED) is 0.532. The third-order valence-electron chi connectivity index (χ3n) is 3.30. The summed E-state index contributed by atoms with van der Waals surface area (Å²) in [5, 5.41) is 17.4. The van der Waals surface area contributed by atoms with E-state index >= 15 is 0 Å². The molecule has 1 rings (SSSR count). The predicted molar refractivity (Wildman–Crippen MR) is 78.9 cm³/mol. The van der Waals surface area contributed by atoms with Crippen LogP contribution in [0.25, 0.3) is 0 Å². The highest BCUT2D eigenvalue weighted by Gasteiger charge is 2.11. The molecule has 0 aliphatic heterocycles. The molecule has 0 heterocycles. The van der Waals surface area contributed by atoms with Gasteiger partial charge in [0.25, 0.3) is 0 Å². The van der Waals surface area contributed by atoms with E-state index in [9.17, 15) is 0 Å². The van der Waals surface area contributed by atoms with Gasteiger partial charge < -0.3 is 14.7 Å². The molecule has 0 aliphatic rings. The van der Waals surface area contributed by atoms with Crippen LogP contribution in [-0.4, -0.2) is 17.4 Å². The zero-order valence-corrected chi connectivity index (χ0v) is 12.0. The topological polar surface area (TPSA) is 49.7 Å². The van der Waals surface area contributed by atoms with Crippen LogP contribution in [0.3, 0.4) is 0 Å². The zero-order chi connectivity index (χ0) is 14.1. The molecule has 0 bridgehead atoms. The van der Waals surface area contributed by atoms with Crippen molar-refractivity contribution in [2.45, 2.75) is 52.4 Å². The molecule has 0 saturated carbocycles. The van der Waals surface area contributed by atoms with Gasteiger partial charge >= 0.3 is 7.32 Å². The second kappa shape index (κ2) is 9.00. The predicted octanol–water partition coefficient (Wildman–Crippen LogP) is 3.18. The van der Waals surface area contributed by atoms with Crippen molar-refractivity contribution in [2.75, 3.05) is 0 Å². The van der Waals surface area contributed by atoms with Crippen LogP contribution in [0.4, 0.5) is 0 Å². The van der Waals surface area contributed by atoms with E-state index in [4.69, 9.17) is 14.7 Å². The first-order valence-electron chi connectivity index (χ1n) is 7.23. The Balaban J connectivity index is 2.31. The molecular formula is C15H25BO3. The van der Waals surface area contributed by atoms with Crippen molar-refractivity contribution in [3.8, 4) is 5.75 Å². The Labute approximate surface area is 116 Å². The third-order valence-corrected chi connectivity index (χ3v) is 3.30. The van der Waals surface area contributed by atoms with Gasteiger partial charge in [-0.15, -0.1) is 0 Å². The Kier molecular flexibility index (Phi) is 7.60. The molecule has 2 N–H and O–H groups in total. The minimum absolute atomic E-state index is 0.481. The fourth-order valence-electron chi connectivity index (χ4n) is 2.25. The maximum atomic E-state index is 8.69. The Bertz CT molecular complexity index is 338. The lowest BCUT2D eigenvalue weighted by Gasteiger charge is -2.12. The smallest absolute Gasteiger partial charge is 0.512 e. The minimum atomic E-state index is -1.75. The Morgan fingerprint density at radius 1 is 1.11 bits per heavy atom. The van der Waals surface area contributed by atoms with Crippen LogP contribution in [0, 0.1) is 5.92 Å². The van der Waals surface area contributed by atoms with E-state index in [1.807, 2.05) is 12.1 Å². The number of rotatable bonds is 9. The van der Waals surface area contributed by atoms with Crippen LogP contribution >= 0.6 is 0 Å². The summed E-state index contributed by atoms with van der Waals surface area (Å²) in [6.45, 7) is 4.52. The summed E-state index contributed by atoms with van der Waals surface area (Å²) < 4.78 is 4.78. The standard InChI is InChI=1S/C15H25BO3/c1-3-4-5-6-7-13(2)12-14-8-10-15(11-9-14)19-16(17)18/h8-11,13,17-18H,3-7,12H2,1-2H3/t13-/m0/s1. The van der Waals surface area contributed by atoms with Crippen molar-refractivity contribution < 1.29 is 14.7 Å². The molecule has 0 aliphatic carbocycles. The Morgan fingerprint density at radius 3 is 2.37 bits per heavy atom. The highest BCUT2D eigenvalue weighted by molar-refractivity contribution is 6.33. The molecule has 1 aromatic carbocycles. The van der Waals surface area contributed by atoms with E-state index in [0.717, 1.165) is 6.42 Å². The van der Waals surface area contributed by atoms with E-state index in [2.05, 4.69) is 13.8 Å². The molecule has 0 aromatic heterocycles. The normalized spacial score (nSPS) is 12.2. The van der Waals surface area contributed by atoms with Gasteiger partial charge in [0, 0.05) is 0 Å². The van der Waals surface area contributed by atoms with Gasteiger partial charge in [0.1, 0.15) is 5.75 Å². The molecule has 0 unspecified atom stereocenters. The molecular weight excluding hydrogens is 239 g/mol. The van der Waals surface area contributed by atoms with Crippen molar-refractivity contribution in [1.29, 1.82) is 0 Å².